The van der Waals surface area contributed by atoms with Crippen LogP contribution in [0.5, 0.6) is 11.5 Å². The Morgan fingerprint density at radius 3 is 2.36 bits per heavy atom. The Morgan fingerprint density at radius 1 is 1.12 bits per heavy atom. The average molecular weight is 474 g/mol. The Morgan fingerprint density at radius 2 is 1.76 bits per heavy atom. The summed E-state index contributed by atoms with van der Waals surface area (Å²) in [7, 11) is -0.252. The molecule has 1 atom stereocenters. The van der Waals surface area contributed by atoms with Crippen molar-refractivity contribution in [2.45, 2.75) is 37.2 Å². The fourth-order valence-corrected chi connectivity index (χ4v) is 4.09. The predicted octanol–water partition coefficient (Wildman–Crippen LogP) is 2.47. The number of carbonyl (C=O) groups is 1. The Hall–Kier alpha value is -3.40. The van der Waals surface area contributed by atoms with Crippen molar-refractivity contribution >= 4 is 26.6 Å². The molecule has 3 aromatic rings. The van der Waals surface area contributed by atoms with Gasteiger partial charge < -0.3 is 14.8 Å². The molecule has 176 valence electrons. The van der Waals surface area contributed by atoms with Crippen molar-refractivity contribution in [1.82, 2.24) is 14.9 Å². The van der Waals surface area contributed by atoms with Gasteiger partial charge >= 0.3 is 0 Å². The zero-order valence-corrected chi connectivity index (χ0v) is 19.8. The van der Waals surface area contributed by atoms with Gasteiger partial charge in [0.25, 0.3) is 5.56 Å². The van der Waals surface area contributed by atoms with Gasteiger partial charge in [0.2, 0.25) is 5.91 Å². The number of aryl methyl sites for hydroxylation is 1. The van der Waals surface area contributed by atoms with E-state index in [2.05, 4.69) is 10.3 Å². The number of amides is 1. The van der Waals surface area contributed by atoms with E-state index in [1.807, 2.05) is 6.92 Å². The van der Waals surface area contributed by atoms with Crippen LogP contribution in [0.1, 0.15) is 31.4 Å². The van der Waals surface area contributed by atoms with E-state index in [4.69, 9.17) is 9.47 Å². The van der Waals surface area contributed by atoms with E-state index in [0.717, 1.165) is 11.8 Å². The highest BCUT2D eigenvalue weighted by atomic mass is 32.2. The Balaban J connectivity index is 1.61. The molecular weight excluding hydrogens is 446 g/mol. The van der Waals surface area contributed by atoms with Crippen LogP contribution < -0.4 is 20.3 Å². The molecule has 1 N–H and O–H groups in total. The van der Waals surface area contributed by atoms with Gasteiger partial charge in [-0.3, -0.25) is 14.2 Å². The third-order valence-electron chi connectivity index (χ3n) is 5.32. The fourth-order valence-electron chi connectivity index (χ4n) is 3.46. The summed E-state index contributed by atoms with van der Waals surface area (Å²) in [6.45, 7) is 2.16. The van der Waals surface area contributed by atoms with Crippen LogP contribution in [0.4, 0.5) is 0 Å². The Labute approximate surface area is 192 Å². The largest absolute Gasteiger partial charge is 0.493 e. The second kappa shape index (κ2) is 10.0. The summed E-state index contributed by atoms with van der Waals surface area (Å²) in [5.41, 5.74) is 1.08. The van der Waals surface area contributed by atoms with E-state index in [0.29, 0.717) is 35.4 Å². The molecular formula is C23H27N3O6S. The molecule has 9 nitrogen and oxygen atoms in total. The van der Waals surface area contributed by atoms with Crippen LogP contribution in [0.3, 0.4) is 0 Å². The maximum absolute atomic E-state index is 12.8. The van der Waals surface area contributed by atoms with E-state index < -0.39 is 9.84 Å². The third-order valence-corrected chi connectivity index (χ3v) is 6.45. The molecule has 0 saturated carbocycles. The zero-order valence-electron chi connectivity index (χ0n) is 19.0. The number of rotatable bonds is 9. The number of carbonyl (C=O) groups excluding carboxylic acids is 1. The Kier molecular flexibility index (Phi) is 7.37. The molecule has 0 unspecified atom stereocenters. The number of nitrogens with one attached hydrogen (secondary N) is 1. The van der Waals surface area contributed by atoms with E-state index in [9.17, 15) is 18.0 Å². The van der Waals surface area contributed by atoms with E-state index in [1.54, 1.807) is 24.3 Å². The number of fused-ring (bicyclic) bond motifs is 1. The quantitative estimate of drug-likeness (QED) is 0.507. The molecule has 2 aromatic carbocycles. The molecule has 0 saturated heterocycles. The number of benzene rings is 2. The molecule has 33 heavy (non-hydrogen) atoms. The van der Waals surface area contributed by atoms with Crippen molar-refractivity contribution in [2.24, 2.45) is 0 Å². The lowest BCUT2D eigenvalue weighted by atomic mass is 10.1. The van der Waals surface area contributed by atoms with E-state index in [-0.39, 0.29) is 28.8 Å². The SMILES string of the molecule is COc1cc2ncn(CCCC(=O)N[C@H](C)c3ccc(S(C)(=O)=O)cc3)c(=O)c2cc1OC. The maximum Gasteiger partial charge on any atom is 0.261 e. The molecule has 0 bridgehead atoms. The van der Waals surface area contributed by atoms with Gasteiger partial charge in [0.1, 0.15) is 0 Å². The number of nitrogens with zero attached hydrogens (tertiary/aromatic N) is 2. The molecule has 0 fully saturated rings. The molecule has 0 radical (unpaired) electrons. The summed E-state index contributed by atoms with van der Waals surface area (Å²) < 4.78 is 35.1. The molecule has 10 heteroatoms. The first-order valence-corrected chi connectivity index (χ1v) is 12.2. The van der Waals surface area contributed by atoms with Gasteiger partial charge in [-0.1, -0.05) is 12.1 Å². The average Bonchev–Trinajstić information content (AvgIpc) is 2.79. The second-order valence-electron chi connectivity index (χ2n) is 7.70. The summed E-state index contributed by atoms with van der Waals surface area (Å²) >= 11 is 0. The van der Waals surface area contributed by atoms with Crippen molar-refractivity contribution in [3.63, 3.8) is 0 Å². The standard InChI is InChI=1S/C23H27N3O6S/c1-15(16-7-9-17(10-8-16)33(4,29)30)25-22(27)6-5-11-26-14-24-19-13-21(32-3)20(31-2)12-18(19)23(26)28/h7-10,12-15H,5-6,11H2,1-4H3,(H,25,27)/t15-/m1/s1. The highest BCUT2D eigenvalue weighted by Crippen LogP contribution is 2.29. The zero-order chi connectivity index (χ0) is 24.2. The number of methoxy groups -OCH3 is 2. The molecule has 1 amide bonds. The number of aromatic nitrogens is 2. The van der Waals surface area contributed by atoms with Gasteiger partial charge in [-0.2, -0.15) is 0 Å². The van der Waals surface area contributed by atoms with Crippen LogP contribution in [0, 0.1) is 0 Å². The summed E-state index contributed by atoms with van der Waals surface area (Å²) in [6, 6.07) is 9.39. The van der Waals surface area contributed by atoms with Crippen molar-refractivity contribution in [3.05, 3.63) is 58.6 Å². The van der Waals surface area contributed by atoms with Gasteiger partial charge in [-0.25, -0.2) is 13.4 Å². The minimum Gasteiger partial charge on any atom is -0.493 e. The van der Waals surface area contributed by atoms with E-state index >= 15 is 0 Å². The minimum absolute atomic E-state index is 0.164. The molecule has 1 aromatic heterocycles. The number of hydrogen-bond donors (Lipinski definition) is 1. The van der Waals surface area contributed by atoms with Crippen LogP contribution in [0.2, 0.25) is 0 Å². The lowest BCUT2D eigenvalue weighted by Gasteiger charge is -2.15. The highest BCUT2D eigenvalue weighted by molar-refractivity contribution is 7.90. The molecule has 3 rings (SSSR count). The predicted molar refractivity (Wildman–Crippen MR) is 124 cm³/mol. The molecule has 1 heterocycles. The first kappa shape index (κ1) is 24.2. The molecule has 0 aliphatic heterocycles. The van der Waals surface area contributed by atoms with Gasteiger partial charge in [0, 0.05) is 25.3 Å². The summed E-state index contributed by atoms with van der Waals surface area (Å²) in [5, 5.41) is 3.30. The van der Waals surface area contributed by atoms with Crippen molar-refractivity contribution in [1.29, 1.82) is 0 Å². The van der Waals surface area contributed by atoms with Crippen LogP contribution in [0.15, 0.2) is 52.4 Å². The van der Waals surface area contributed by atoms with Gasteiger partial charge in [-0.15, -0.1) is 0 Å². The van der Waals surface area contributed by atoms with Crippen LogP contribution in [-0.4, -0.2) is 44.4 Å². The molecule has 0 aliphatic carbocycles. The lowest BCUT2D eigenvalue weighted by molar-refractivity contribution is -0.121. The summed E-state index contributed by atoms with van der Waals surface area (Å²) in [6.07, 6.45) is 3.28. The number of ether oxygens (including phenoxy) is 2. The highest BCUT2D eigenvalue weighted by Gasteiger charge is 2.13. The lowest BCUT2D eigenvalue weighted by Crippen LogP contribution is -2.27. The molecule has 0 spiro atoms. The van der Waals surface area contributed by atoms with Crippen molar-refractivity contribution < 1.29 is 22.7 Å². The van der Waals surface area contributed by atoms with Crippen molar-refractivity contribution in [3.8, 4) is 11.5 Å². The second-order valence-corrected chi connectivity index (χ2v) is 9.72. The van der Waals surface area contributed by atoms with Crippen LogP contribution >= 0.6 is 0 Å². The first-order chi connectivity index (χ1) is 15.6. The van der Waals surface area contributed by atoms with Crippen LogP contribution in [-0.2, 0) is 21.2 Å². The number of hydrogen-bond acceptors (Lipinski definition) is 7. The minimum atomic E-state index is -3.27. The monoisotopic (exact) mass is 473 g/mol. The smallest absolute Gasteiger partial charge is 0.261 e. The topological polar surface area (TPSA) is 117 Å². The summed E-state index contributed by atoms with van der Waals surface area (Å²) in [5.74, 6) is 0.772. The van der Waals surface area contributed by atoms with Crippen LogP contribution in [0.25, 0.3) is 10.9 Å². The Bertz CT molecular complexity index is 1320. The van der Waals surface area contributed by atoms with Gasteiger partial charge in [0.15, 0.2) is 21.3 Å². The van der Waals surface area contributed by atoms with Crippen molar-refractivity contribution in [2.75, 3.05) is 20.5 Å². The van der Waals surface area contributed by atoms with Gasteiger partial charge in [0.05, 0.1) is 42.4 Å². The summed E-state index contributed by atoms with van der Waals surface area (Å²) in [4.78, 5) is 29.7. The molecule has 0 aliphatic rings. The maximum atomic E-state index is 12.8. The third kappa shape index (κ3) is 5.70. The van der Waals surface area contributed by atoms with Gasteiger partial charge in [-0.05, 0) is 37.1 Å². The van der Waals surface area contributed by atoms with E-state index in [1.165, 1.54) is 37.2 Å². The fraction of sp³-hybridized carbons (Fsp3) is 0.348. The first-order valence-electron chi connectivity index (χ1n) is 10.3. The normalized spacial score (nSPS) is 12.4. The number of sulfone groups is 1.